The summed E-state index contributed by atoms with van der Waals surface area (Å²) in [6, 6.07) is 3.42. The molecule has 0 aliphatic heterocycles. The number of aromatic nitrogens is 1. The zero-order chi connectivity index (χ0) is 13.5. The van der Waals surface area contributed by atoms with E-state index in [1.807, 2.05) is 13.8 Å². The Balaban J connectivity index is 2.87. The molecule has 1 aromatic heterocycles. The van der Waals surface area contributed by atoms with E-state index in [1.54, 1.807) is 30.3 Å². The molecule has 0 aliphatic rings. The van der Waals surface area contributed by atoms with Crippen LogP contribution in [0.3, 0.4) is 0 Å². The highest BCUT2D eigenvalue weighted by Crippen LogP contribution is 2.11. The molecule has 5 heteroatoms. The van der Waals surface area contributed by atoms with E-state index in [4.69, 9.17) is 10.5 Å². The Labute approximate surface area is 108 Å². The smallest absolute Gasteiger partial charge is 0.272 e. The third-order valence-corrected chi connectivity index (χ3v) is 2.92. The molecule has 0 radical (unpaired) electrons. The molecule has 18 heavy (non-hydrogen) atoms. The van der Waals surface area contributed by atoms with Crippen molar-refractivity contribution in [2.45, 2.75) is 26.3 Å². The molecule has 0 aliphatic carbocycles. The average Bonchev–Trinajstić information content (AvgIpc) is 2.38. The Hall–Kier alpha value is -1.62. The van der Waals surface area contributed by atoms with E-state index < -0.39 is 0 Å². The van der Waals surface area contributed by atoms with Gasteiger partial charge in [-0.3, -0.25) is 9.78 Å². The molecule has 0 spiro atoms. The lowest BCUT2D eigenvalue weighted by atomic mass is 10.2. The quantitative estimate of drug-likeness (QED) is 0.833. The van der Waals surface area contributed by atoms with Gasteiger partial charge in [0, 0.05) is 31.6 Å². The van der Waals surface area contributed by atoms with E-state index in [0.29, 0.717) is 24.5 Å². The maximum atomic E-state index is 12.4. The van der Waals surface area contributed by atoms with Gasteiger partial charge in [0.15, 0.2) is 0 Å². The van der Waals surface area contributed by atoms with E-state index in [1.165, 1.54) is 0 Å². The van der Waals surface area contributed by atoms with E-state index in [-0.39, 0.29) is 11.9 Å². The molecular weight excluding hydrogens is 230 g/mol. The van der Waals surface area contributed by atoms with Crippen molar-refractivity contribution in [3.8, 4) is 0 Å². The molecule has 1 rings (SSSR count). The summed E-state index contributed by atoms with van der Waals surface area (Å²) < 4.78 is 5.04. The summed E-state index contributed by atoms with van der Waals surface area (Å²) in [4.78, 5) is 18.2. The highest BCUT2D eigenvalue weighted by Gasteiger charge is 2.21. The largest absolute Gasteiger partial charge is 0.399 e. The van der Waals surface area contributed by atoms with Crippen molar-refractivity contribution in [2.24, 2.45) is 0 Å². The Morgan fingerprint density at radius 3 is 2.89 bits per heavy atom. The molecule has 0 saturated heterocycles. The number of nitrogen functional groups attached to an aromatic ring is 1. The van der Waals surface area contributed by atoms with Crippen LogP contribution >= 0.6 is 0 Å². The number of hydrogen-bond donors (Lipinski definition) is 1. The van der Waals surface area contributed by atoms with Crippen LogP contribution < -0.4 is 5.73 Å². The van der Waals surface area contributed by atoms with Gasteiger partial charge < -0.3 is 15.4 Å². The van der Waals surface area contributed by atoms with Gasteiger partial charge in [0.25, 0.3) is 5.91 Å². The topological polar surface area (TPSA) is 68.5 Å². The zero-order valence-corrected chi connectivity index (χ0v) is 11.2. The minimum absolute atomic E-state index is 0.103. The van der Waals surface area contributed by atoms with Crippen LogP contribution in [0.1, 0.15) is 30.8 Å². The lowest BCUT2D eigenvalue weighted by Crippen LogP contribution is -2.40. The number of carbonyl (C=O) groups is 1. The number of pyridine rings is 1. The molecule has 1 heterocycles. The molecule has 0 saturated carbocycles. The third-order valence-electron chi connectivity index (χ3n) is 2.92. The Morgan fingerprint density at radius 1 is 1.61 bits per heavy atom. The van der Waals surface area contributed by atoms with Gasteiger partial charge in [-0.15, -0.1) is 0 Å². The van der Waals surface area contributed by atoms with Gasteiger partial charge >= 0.3 is 0 Å². The SMILES string of the molecule is CCC(C)N(CCOC)C(=O)c1cc(N)ccn1. The van der Waals surface area contributed by atoms with Crippen molar-refractivity contribution in [1.29, 1.82) is 0 Å². The molecule has 5 nitrogen and oxygen atoms in total. The van der Waals surface area contributed by atoms with Crippen LogP contribution in [0.15, 0.2) is 18.3 Å². The zero-order valence-electron chi connectivity index (χ0n) is 11.2. The fourth-order valence-corrected chi connectivity index (χ4v) is 1.64. The molecule has 0 fully saturated rings. The first-order valence-corrected chi connectivity index (χ1v) is 6.11. The van der Waals surface area contributed by atoms with Crippen LogP contribution in [0.2, 0.25) is 0 Å². The lowest BCUT2D eigenvalue weighted by Gasteiger charge is -2.28. The maximum absolute atomic E-state index is 12.4. The number of carbonyl (C=O) groups excluding carboxylic acids is 1. The molecule has 1 amide bonds. The fourth-order valence-electron chi connectivity index (χ4n) is 1.64. The Kier molecular flexibility index (Phi) is 5.58. The summed E-state index contributed by atoms with van der Waals surface area (Å²) in [7, 11) is 1.62. The van der Waals surface area contributed by atoms with Crippen LogP contribution in [-0.4, -0.2) is 42.1 Å². The van der Waals surface area contributed by atoms with E-state index in [2.05, 4.69) is 4.98 Å². The van der Waals surface area contributed by atoms with Gasteiger partial charge in [-0.25, -0.2) is 0 Å². The highest BCUT2D eigenvalue weighted by atomic mass is 16.5. The Bertz CT molecular complexity index is 396. The van der Waals surface area contributed by atoms with Gasteiger partial charge in [-0.05, 0) is 25.5 Å². The summed E-state index contributed by atoms with van der Waals surface area (Å²) in [5, 5.41) is 0. The molecule has 100 valence electrons. The van der Waals surface area contributed by atoms with E-state index in [0.717, 1.165) is 6.42 Å². The maximum Gasteiger partial charge on any atom is 0.272 e. The summed E-state index contributed by atoms with van der Waals surface area (Å²) in [5.74, 6) is -0.103. The second-order valence-corrected chi connectivity index (χ2v) is 4.22. The monoisotopic (exact) mass is 251 g/mol. The Morgan fingerprint density at radius 2 is 2.33 bits per heavy atom. The van der Waals surface area contributed by atoms with Gasteiger partial charge in [0.1, 0.15) is 5.69 Å². The summed E-state index contributed by atoms with van der Waals surface area (Å²) in [5.41, 5.74) is 6.60. The molecule has 1 unspecified atom stereocenters. The number of amides is 1. The van der Waals surface area contributed by atoms with Crippen molar-refractivity contribution < 1.29 is 9.53 Å². The standard InChI is InChI=1S/C13H21N3O2/c1-4-10(2)16(7-8-18-3)13(17)12-9-11(14)5-6-15-12/h5-6,9-10H,4,7-8H2,1-3H3,(H2,14,15). The summed E-state index contributed by atoms with van der Waals surface area (Å²) in [6.45, 7) is 5.13. The van der Waals surface area contributed by atoms with E-state index in [9.17, 15) is 4.79 Å². The fraction of sp³-hybridized carbons (Fsp3) is 0.538. The predicted octanol–water partition coefficient (Wildman–Crippen LogP) is 1.55. The van der Waals surface area contributed by atoms with Crippen molar-refractivity contribution >= 4 is 11.6 Å². The second kappa shape index (κ2) is 6.96. The molecular formula is C13H21N3O2. The van der Waals surface area contributed by atoms with Crippen LogP contribution in [0.5, 0.6) is 0 Å². The number of ether oxygens (including phenoxy) is 1. The van der Waals surface area contributed by atoms with Crippen molar-refractivity contribution in [3.05, 3.63) is 24.0 Å². The van der Waals surface area contributed by atoms with Gasteiger partial charge in [-0.2, -0.15) is 0 Å². The van der Waals surface area contributed by atoms with Crippen molar-refractivity contribution in [3.63, 3.8) is 0 Å². The first kappa shape index (κ1) is 14.4. The van der Waals surface area contributed by atoms with Gasteiger partial charge in [-0.1, -0.05) is 6.92 Å². The predicted molar refractivity (Wildman–Crippen MR) is 71.3 cm³/mol. The number of anilines is 1. The third kappa shape index (κ3) is 3.70. The van der Waals surface area contributed by atoms with Gasteiger partial charge in [0.2, 0.25) is 0 Å². The minimum Gasteiger partial charge on any atom is -0.399 e. The molecule has 1 atom stereocenters. The van der Waals surface area contributed by atoms with Crippen LogP contribution in [0.25, 0.3) is 0 Å². The number of nitrogens with two attached hydrogens (primary N) is 1. The van der Waals surface area contributed by atoms with E-state index >= 15 is 0 Å². The van der Waals surface area contributed by atoms with Crippen LogP contribution in [-0.2, 0) is 4.74 Å². The van der Waals surface area contributed by atoms with Crippen LogP contribution in [0, 0.1) is 0 Å². The number of rotatable bonds is 6. The normalized spacial score (nSPS) is 12.2. The number of hydrogen-bond acceptors (Lipinski definition) is 4. The molecule has 1 aromatic rings. The average molecular weight is 251 g/mol. The second-order valence-electron chi connectivity index (χ2n) is 4.22. The number of methoxy groups -OCH3 is 1. The van der Waals surface area contributed by atoms with Crippen molar-refractivity contribution in [2.75, 3.05) is 26.0 Å². The lowest BCUT2D eigenvalue weighted by molar-refractivity contribution is 0.0608. The summed E-state index contributed by atoms with van der Waals surface area (Å²) in [6.07, 6.45) is 2.44. The molecule has 0 bridgehead atoms. The summed E-state index contributed by atoms with van der Waals surface area (Å²) >= 11 is 0. The highest BCUT2D eigenvalue weighted by molar-refractivity contribution is 5.93. The molecule has 0 aromatic carbocycles. The first-order valence-electron chi connectivity index (χ1n) is 6.11. The number of nitrogens with zero attached hydrogens (tertiary/aromatic N) is 2. The minimum atomic E-state index is -0.103. The van der Waals surface area contributed by atoms with Gasteiger partial charge in [0.05, 0.1) is 6.61 Å². The first-order chi connectivity index (χ1) is 8.60. The van der Waals surface area contributed by atoms with Crippen LogP contribution in [0.4, 0.5) is 5.69 Å². The van der Waals surface area contributed by atoms with Crippen molar-refractivity contribution in [1.82, 2.24) is 9.88 Å². The molecule has 2 N–H and O–H groups in total.